The zero-order chi connectivity index (χ0) is 22.0. The average molecular weight is 422 g/mol. The number of carbonyl (C=O) groups excluding carboxylic acids is 1. The van der Waals surface area contributed by atoms with Crippen molar-refractivity contribution in [3.05, 3.63) is 63.9 Å². The minimum atomic E-state index is -0.185. The molecule has 0 fully saturated rings. The Morgan fingerprint density at radius 3 is 2.81 bits per heavy atom. The molecule has 3 heterocycles. The molecule has 4 rings (SSSR count). The summed E-state index contributed by atoms with van der Waals surface area (Å²) in [5.41, 5.74) is 2.82. The molecule has 0 saturated carbocycles. The minimum absolute atomic E-state index is 0.0774. The first-order chi connectivity index (χ1) is 15.0. The van der Waals surface area contributed by atoms with Crippen molar-refractivity contribution in [1.82, 2.24) is 19.5 Å². The lowest BCUT2D eigenvalue weighted by Crippen LogP contribution is -2.28. The van der Waals surface area contributed by atoms with E-state index >= 15 is 0 Å². The summed E-state index contributed by atoms with van der Waals surface area (Å²) in [5.74, 6) is 2.24. The fourth-order valence-electron chi connectivity index (χ4n) is 3.81. The minimum Gasteiger partial charge on any atom is -0.496 e. The second-order valence-electron chi connectivity index (χ2n) is 7.46. The summed E-state index contributed by atoms with van der Waals surface area (Å²) in [4.78, 5) is 25.2. The van der Waals surface area contributed by atoms with Crippen LogP contribution in [0.5, 0.6) is 5.75 Å². The zero-order valence-electron chi connectivity index (χ0n) is 18.0. The number of amides is 1. The van der Waals surface area contributed by atoms with Gasteiger partial charge in [0.15, 0.2) is 5.58 Å². The van der Waals surface area contributed by atoms with E-state index in [1.54, 1.807) is 13.2 Å². The maximum absolute atomic E-state index is 12.9. The van der Waals surface area contributed by atoms with Gasteiger partial charge < -0.3 is 14.5 Å². The molecule has 31 heavy (non-hydrogen) atoms. The third kappa shape index (κ3) is 4.05. The van der Waals surface area contributed by atoms with Gasteiger partial charge in [-0.25, -0.2) is 4.68 Å². The third-order valence-corrected chi connectivity index (χ3v) is 5.32. The van der Waals surface area contributed by atoms with Gasteiger partial charge in [0.05, 0.1) is 12.6 Å². The van der Waals surface area contributed by atoms with Crippen LogP contribution in [0, 0.1) is 6.92 Å². The van der Waals surface area contributed by atoms with Gasteiger partial charge in [-0.2, -0.15) is 5.10 Å². The van der Waals surface area contributed by atoms with Gasteiger partial charge in [-0.3, -0.25) is 14.0 Å². The molecule has 1 amide bonds. The van der Waals surface area contributed by atoms with Gasteiger partial charge in [0.2, 0.25) is 5.91 Å². The van der Waals surface area contributed by atoms with Crippen LogP contribution in [0.25, 0.3) is 16.6 Å². The molecular weight excluding hydrogens is 396 g/mol. The fourth-order valence-corrected chi connectivity index (χ4v) is 3.81. The number of benzene rings is 1. The van der Waals surface area contributed by atoms with Crippen LogP contribution in [0.3, 0.4) is 0 Å². The van der Waals surface area contributed by atoms with E-state index < -0.39 is 0 Å². The van der Waals surface area contributed by atoms with Gasteiger partial charge in [0.1, 0.15) is 22.9 Å². The highest BCUT2D eigenvalue weighted by molar-refractivity contribution is 5.83. The van der Waals surface area contributed by atoms with Crippen molar-refractivity contribution in [3.8, 4) is 5.75 Å². The predicted octanol–water partition coefficient (Wildman–Crippen LogP) is 3.22. The van der Waals surface area contributed by atoms with Crippen LogP contribution < -0.4 is 15.6 Å². The predicted molar refractivity (Wildman–Crippen MR) is 117 cm³/mol. The molecule has 0 aliphatic carbocycles. The number of fused-ring (bicyclic) bond motifs is 3. The summed E-state index contributed by atoms with van der Waals surface area (Å²) in [6.45, 7) is 4.65. The molecule has 0 aliphatic rings. The summed E-state index contributed by atoms with van der Waals surface area (Å²) < 4.78 is 14.3. The molecule has 0 spiro atoms. The van der Waals surface area contributed by atoms with E-state index in [-0.39, 0.29) is 11.5 Å². The highest BCUT2D eigenvalue weighted by Crippen LogP contribution is 2.23. The third-order valence-electron chi connectivity index (χ3n) is 5.32. The van der Waals surface area contributed by atoms with Gasteiger partial charge in [0, 0.05) is 43.6 Å². The van der Waals surface area contributed by atoms with Crippen molar-refractivity contribution >= 4 is 22.5 Å². The molecule has 4 aromatic rings. The Balaban J connectivity index is 1.43. The molecular formula is C23H26N4O4. The number of nitrogens with one attached hydrogen (secondary N) is 1. The standard InChI is InChI=1S/C23H26N4O4/c1-4-21-25-26(23(29)18-13-20-17(27(18)21)12-15(2)31-20)11-7-10-22(28)24-14-16-8-5-6-9-19(16)30-3/h5-6,8-9,12-13H,4,7,10-11,14H2,1-3H3,(H,24,28). The van der Waals surface area contributed by atoms with E-state index in [1.807, 2.05) is 48.6 Å². The van der Waals surface area contributed by atoms with Crippen molar-refractivity contribution in [2.75, 3.05) is 7.11 Å². The van der Waals surface area contributed by atoms with Gasteiger partial charge in [0.25, 0.3) is 5.56 Å². The fraction of sp³-hybridized carbons (Fsp3) is 0.348. The van der Waals surface area contributed by atoms with Crippen LogP contribution in [0.15, 0.2) is 45.6 Å². The number of aryl methyl sites for hydroxylation is 3. The second-order valence-corrected chi connectivity index (χ2v) is 7.46. The maximum Gasteiger partial charge on any atom is 0.291 e. The number of ether oxygens (including phenoxy) is 1. The number of furan rings is 1. The number of nitrogens with zero attached hydrogens (tertiary/aromatic N) is 3. The molecule has 3 aromatic heterocycles. The quantitative estimate of drug-likeness (QED) is 0.471. The molecule has 0 bridgehead atoms. The lowest BCUT2D eigenvalue weighted by molar-refractivity contribution is -0.121. The Kier molecular flexibility index (Phi) is 5.79. The number of hydrogen-bond acceptors (Lipinski definition) is 5. The van der Waals surface area contributed by atoms with Crippen LogP contribution in [0.4, 0.5) is 0 Å². The van der Waals surface area contributed by atoms with Crippen molar-refractivity contribution in [2.45, 2.75) is 46.2 Å². The van der Waals surface area contributed by atoms with Crippen LogP contribution in [0.1, 0.15) is 36.9 Å². The molecule has 0 radical (unpaired) electrons. The van der Waals surface area contributed by atoms with Gasteiger partial charge in [-0.1, -0.05) is 25.1 Å². The van der Waals surface area contributed by atoms with Crippen LogP contribution in [-0.2, 0) is 24.3 Å². The monoisotopic (exact) mass is 422 g/mol. The first-order valence-electron chi connectivity index (χ1n) is 10.4. The van der Waals surface area contributed by atoms with E-state index in [2.05, 4.69) is 10.4 Å². The molecule has 0 aliphatic heterocycles. The Hall–Kier alpha value is -3.55. The Bertz CT molecular complexity index is 1300. The van der Waals surface area contributed by atoms with Crippen LogP contribution >= 0.6 is 0 Å². The molecule has 0 atom stereocenters. The van der Waals surface area contributed by atoms with E-state index in [0.717, 1.165) is 28.4 Å². The van der Waals surface area contributed by atoms with Crippen molar-refractivity contribution in [1.29, 1.82) is 0 Å². The van der Waals surface area contributed by atoms with Crippen molar-refractivity contribution in [3.63, 3.8) is 0 Å². The van der Waals surface area contributed by atoms with Crippen molar-refractivity contribution < 1.29 is 13.9 Å². The van der Waals surface area contributed by atoms with E-state index in [4.69, 9.17) is 9.15 Å². The summed E-state index contributed by atoms with van der Waals surface area (Å²) in [5, 5.41) is 7.44. The SMILES string of the molecule is CCc1nn(CCCC(=O)NCc2ccccc2OC)c(=O)c2cc3oc(C)cc3n12. The smallest absolute Gasteiger partial charge is 0.291 e. The topological polar surface area (TPSA) is 90.8 Å². The summed E-state index contributed by atoms with van der Waals surface area (Å²) in [6, 6.07) is 11.3. The van der Waals surface area contributed by atoms with E-state index in [1.165, 1.54) is 4.68 Å². The molecule has 0 saturated heterocycles. The number of methoxy groups -OCH3 is 1. The zero-order valence-corrected chi connectivity index (χ0v) is 18.0. The molecule has 1 N–H and O–H groups in total. The molecule has 8 heteroatoms. The Morgan fingerprint density at radius 1 is 1.23 bits per heavy atom. The average Bonchev–Trinajstić information content (AvgIpc) is 3.30. The van der Waals surface area contributed by atoms with Crippen LogP contribution in [0.2, 0.25) is 0 Å². The number of carbonyl (C=O) groups is 1. The lowest BCUT2D eigenvalue weighted by Gasteiger charge is -2.11. The molecule has 1 aromatic carbocycles. The number of para-hydroxylation sites is 1. The maximum atomic E-state index is 12.9. The number of rotatable bonds is 8. The highest BCUT2D eigenvalue weighted by Gasteiger charge is 2.16. The number of hydrogen-bond donors (Lipinski definition) is 1. The molecule has 8 nitrogen and oxygen atoms in total. The van der Waals surface area contributed by atoms with Crippen molar-refractivity contribution in [2.24, 2.45) is 0 Å². The van der Waals surface area contributed by atoms with Gasteiger partial charge in [-0.15, -0.1) is 0 Å². The molecule has 162 valence electrons. The van der Waals surface area contributed by atoms with Crippen LogP contribution in [-0.4, -0.2) is 27.2 Å². The normalized spacial score (nSPS) is 11.3. The summed E-state index contributed by atoms with van der Waals surface area (Å²) >= 11 is 0. The molecule has 0 unspecified atom stereocenters. The Labute approximate surface area is 179 Å². The van der Waals surface area contributed by atoms with E-state index in [9.17, 15) is 9.59 Å². The van der Waals surface area contributed by atoms with Gasteiger partial charge >= 0.3 is 0 Å². The summed E-state index contributed by atoms with van der Waals surface area (Å²) in [6.07, 6.45) is 1.49. The summed E-state index contributed by atoms with van der Waals surface area (Å²) in [7, 11) is 1.61. The first-order valence-corrected chi connectivity index (χ1v) is 10.4. The number of aromatic nitrogens is 3. The highest BCUT2D eigenvalue weighted by atomic mass is 16.5. The van der Waals surface area contributed by atoms with E-state index in [0.29, 0.717) is 43.5 Å². The Morgan fingerprint density at radius 2 is 2.03 bits per heavy atom. The lowest BCUT2D eigenvalue weighted by atomic mass is 10.2. The van der Waals surface area contributed by atoms with Gasteiger partial charge in [-0.05, 0) is 19.4 Å². The first kappa shape index (κ1) is 20.7. The largest absolute Gasteiger partial charge is 0.496 e. The second kappa shape index (κ2) is 8.67.